The molecule has 2 aromatic carbocycles. The zero-order valence-electron chi connectivity index (χ0n) is 40.7. The minimum Gasteiger partial charge on any atom is -0.456 e. The van der Waals surface area contributed by atoms with Crippen LogP contribution in [0.5, 0.6) is 0 Å². The summed E-state index contributed by atoms with van der Waals surface area (Å²) in [7, 11) is 4.61. The second-order valence-electron chi connectivity index (χ2n) is 19.9. The third-order valence-corrected chi connectivity index (χ3v) is 15.3. The van der Waals surface area contributed by atoms with E-state index in [0.717, 1.165) is 17.7 Å². The molecule has 15 atom stereocenters. The number of fused-ring (bicyclic) bond motifs is 4. The van der Waals surface area contributed by atoms with Crippen LogP contribution in [0.15, 0.2) is 78.4 Å². The van der Waals surface area contributed by atoms with E-state index < -0.39 is 89.9 Å². The van der Waals surface area contributed by atoms with E-state index in [0.29, 0.717) is 30.4 Å². The predicted molar refractivity (Wildman–Crippen MR) is 254 cm³/mol. The van der Waals surface area contributed by atoms with Crippen LogP contribution < -0.4 is 0 Å². The van der Waals surface area contributed by atoms with Gasteiger partial charge in [-0.25, -0.2) is 9.18 Å². The number of halogens is 1. The maximum Gasteiger partial charge on any atom is 0.329 e. The molecule has 2 bridgehead atoms. The molecule has 4 aliphatic rings. The van der Waals surface area contributed by atoms with Crippen molar-refractivity contribution in [2.24, 2.45) is 29.6 Å². The van der Waals surface area contributed by atoms with Crippen molar-refractivity contribution in [1.82, 2.24) is 4.90 Å². The molecular formula is C54H74FNO11. The van der Waals surface area contributed by atoms with E-state index in [-0.39, 0.29) is 62.4 Å². The molecule has 2 aromatic rings. The first-order valence-electron chi connectivity index (χ1n) is 24.3. The van der Waals surface area contributed by atoms with E-state index in [1.165, 1.54) is 30.6 Å². The van der Waals surface area contributed by atoms with Crippen LogP contribution in [0.25, 0.3) is 10.8 Å². The molecule has 0 aromatic heterocycles. The van der Waals surface area contributed by atoms with Crippen LogP contribution in [-0.4, -0.2) is 121 Å². The van der Waals surface area contributed by atoms with Crippen molar-refractivity contribution in [1.29, 1.82) is 0 Å². The summed E-state index contributed by atoms with van der Waals surface area (Å²) in [5.74, 6) is -9.02. The van der Waals surface area contributed by atoms with Crippen molar-refractivity contribution in [3.63, 3.8) is 0 Å². The van der Waals surface area contributed by atoms with Gasteiger partial charge in [0.25, 0.3) is 11.7 Å². The number of esters is 1. The zero-order chi connectivity index (χ0) is 48.7. The first-order chi connectivity index (χ1) is 31.9. The fourth-order valence-electron chi connectivity index (χ4n) is 11.2. The molecule has 2 saturated heterocycles. The van der Waals surface area contributed by atoms with Crippen molar-refractivity contribution in [3.8, 4) is 0 Å². The Hall–Kier alpha value is -4.11. The number of benzene rings is 2. The largest absolute Gasteiger partial charge is 0.456 e. The van der Waals surface area contributed by atoms with Gasteiger partial charge in [-0.3, -0.25) is 14.4 Å². The number of methoxy groups -OCH3 is 3. The molecular weight excluding hydrogens is 858 g/mol. The number of hydrogen-bond acceptors (Lipinski definition) is 11. The molecule has 1 saturated carbocycles. The number of allylic oxidation sites excluding steroid dienone is 4. The summed E-state index contributed by atoms with van der Waals surface area (Å²) in [5, 5.41) is 26.4. The quantitative estimate of drug-likeness (QED) is 0.150. The summed E-state index contributed by atoms with van der Waals surface area (Å²) in [6, 6.07) is 13.6. The van der Waals surface area contributed by atoms with Gasteiger partial charge in [0, 0.05) is 58.0 Å². The Bertz CT molecular complexity index is 2140. The van der Waals surface area contributed by atoms with Gasteiger partial charge in [0.15, 0.2) is 0 Å². The van der Waals surface area contributed by atoms with Crippen LogP contribution in [0.4, 0.5) is 4.39 Å². The number of ether oxygens (including phenoxy) is 5. The molecule has 15 unspecified atom stereocenters. The molecule has 368 valence electrons. The van der Waals surface area contributed by atoms with Crippen molar-refractivity contribution < 1.29 is 57.5 Å². The molecule has 3 aliphatic heterocycles. The van der Waals surface area contributed by atoms with Gasteiger partial charge >= 0.3 is 5.97 Å². The third kappa shape index (κ3) is 11.7. The Morgan fingerprint density at radius 1 is 0.925 bits per heavy atom. The number of Topliss-reactive ketones (excluding diaryl/α,β-unsaturated/α-hetero) is 2. The Labute approximate surface area is 396 Å². The normalized spacial score (nSPS) is 37.0. The molecule has 0 spiro atoms. The van der Waals surface area contributed by atoms with Crippen molar-refractivity contribution in [2.75, 3.05) is 27.9 Å². The van der Waals surface area contributed by atoms with Crippen LogP contribution in [0.3, 0.4) is 0 Å². The Morgan fingerprint density at radius 3 is 2.30 bits per heavy atom. The number of aliphatic hydroxyl groups excluding tert-OH is 1. The van der Waals surface area contributed by atoms with E-state index in [2.05, 4.69) is 43.0 Å². The van der Waals surface area contributed by atoms with Gasteiger partial charge in [-0.15, -0.1) is 6.58 Å². The number of hydrogen-bond donors (Lipinski definition) is 2. The van der Waals surface area contributed by atoms with Gasteiger partial charge in [0.2, 0.25) is 5.79 Å². The highest BCUT2D eigenvalue weighted by atomic mass is 19.1. The number of ketones is 2. The summed E-state index contributed by atoms with van der Waals surface area (Å²) in [5.41, 5.74) is 2.18. The number of alkyl halides is 1. The lowest BCUT2D eigenvalue weighted by atomic mass is 9.75. The van der Waals surface area contributed by atoms with Gasteiger partial charge < -0.3 is 38.8 Å². The maximum atomic E-state index is 16.4. The van der Waals surface area contributed by atoms with Gasteiger partial charge in [-0.2, -0.15) is 0 Å². The zero-order valence-corrected chi connectivity index (χ0v) is 40.7. The standard InChI is InChI=1S/C54H74FNO11/c1-10-15-40-25-31(2)48(55)32(3)26-46(64-8)50-47(65-9)27-34(5)54(62,67-50)51(59)52(60)56-23-14-13-18-42(56)53(61)66-49(35(6)43(57)30-44(40)58)33(4)24-36-19-22-41(45(28-36)63-7)39-21-20-37-16-11-12-17-38(37)29-39/h10-12,16-17,20-21,24-25,29,32,34-36,40-43,45-50,57,62H,1,13-15,18-19,22-23,26-28,30H2,2-9H3. The SMILES string of the molecule is C=CCC1C=C(C)C(F)C(C)CC(OC)C2OC(O)(C(=O)C(=O)N3CCCCC3C(=O)OC(C(C)=CC3CCC(c4ccc5ccccc5c4)C(OC)C3)C(C)C(O)CC1=O)C(C)CC2OC. The number of aliphatic hydroxyl groups is 2. The smallest absolute Gasteiger partial charge is 0.329 e. The van der Waals surface area contributed by atoms with E-state index in [1.54, 1.807) is 47.0 Å². The molecule has 1 aliphatic carbocycles. The Morgan fingerprint density at radius 2 is 1.61 bits per heavy atom. The number of piperidine rings is 1. The maximum absolute atomic E-state index is 16.4. The summed E-state index contributed by atoms with van der Waals surface area (Å²) in [6.07, 6.45) is 2.39. The van der Waals surface area contributed by atoms with Gasteiger partial charge in [0.05, 0.1) is 24.4 Å². The van der Waals surface area contributed by atoms with Gasteiger partial charge in [0.1, 0.15) is 30.2 Å². The molecule has 67 heavy (non-hydrogen) atoms. The van der Waals surface area contributed by atoms with Crippen LogP contribution in [0, 0.1) is 29.6 Å². The topological polar surface area (TPSA) is 158 Å². The molecule has 6 rings (SSSR count). The van der Waals surface area contributed by atoms with Crippen molar-refractivity contribution in [3.05, 3.63) is 84.0 Å². The summed E-state index contributed by atoms with van der Waals surface area (Å²) in [6.45, 7) is 12.4. The summed E-state index contributed by atoms with van der Waals surface area (Å²) < 4.78 is 46.8. The van der Waals surface area contributed by atoms with Crippen LogP contribution in [0.1, 0.15) is 110 Å². The van der Waals surface area contributed by atoms with E-state index in [1.807, 2.05) is 19.1 Å². The van der Waals surface area contributed by atoms with E-state index in [4.69, 9.17) is 23.7 Å². The number of rotatable bonds is 8. The highest BCUT2D eigenvalue weighted by molar-refractivity contribution is 6.39. The lowest BCUT2D eigenvalue weighted by Crippen LogP contribution is -2.64. The second-order valence-corrected chi connectivity index (χ2v) is 19.9. The van der Waals surface area contributed by atoms with Crippen LogP contribution >= 0.6 is 0 Å². The summed E-state index contributed by atoms with van der Waals surface area (Å²) >= 11 is 0. The number of nitrogens with zero attached hydrogens (tertiary/aromatic N) is 1. The number of cyclic esters (lactones) is 1. The minimum atomic E-state index is -2.61. The molecule has 0 radical (unpaired) electrons. The first-order valence-corrected chi connectivity index (χ1v) is 24.3. The fraction of sp³-hybridized carbons (Fsp3) is 0.630. The van der Waals surface area contributed by atoms with Crippen LogP contribution in [0.2, 0.25) is 0 Å². The van der Waals surface area contributed by atoms with E-state index >= 15 is 4.39 Å². The average Bonchev–Trinajstić information content (AvgIpc) is 3.33. The van der Waals surface area contributed by atoms with E-state index in [9.17, 15) is 29.4 Å². The molecule has 12 nitrogen and oxygen atoms in total. The number of carbonyl (C=O) groups excluding carboxylic acids is 4. The van der Waals surface area contributed by atoms with Crippen molar-refractivity contribution >= 4 is 34.2 Å². The molecule has 3 fully saturated rings. The lowest BCUT2D eigenvalue weighted by molar-refractivity contribution is -0.302. The average molecular weight is 932 g/mol. The highest BCUT2D eigenvalue weighted by Gasteiger charge is 2.57. The number of carbonyl (C=O) groups is 4. The van der Waals surface area contributed by atoms with Gasteiger partial charge in [-0.05, 0) is 111 Å². The minimum absolute atomic E-state index is 0.0282. The van der Waals surface area contributed by atoms with Gasteiger partial charge in [-0.1, -0.05) is 81.5 Å². The molecule has 13 heteroatoms. The molecule has 2 N–H and O–H groups in total. The van der Waals surface area contributed by atoms with Crippen LogP contribution in [-0.2, 0) is 42.9 Å². The lowest BCUT2D eigenvalue weighted by Gasteiger charge is -2.47. The monoisotopic (exact) mass is 932 g/mol. The third-order valence-electron chi connectivity index (χ3n) is 15.3. The Balaban J connectivity index is 1.35. The first kappa shape index (κ1) is 52.3. The van der Waals surface area contributed by atoms with Crippen molar-refractivity contribution in [2.45, 2.75) is 159 Å². The highest BCUT2D eigenvalue weighted by Crippen LogP contribution is 2.42. The summed E-state index contributed by atoms with van der Waals surface area (Å²) in [4.78, 5) is 58.6. The Kier molecular flexibility index (Phi) is 17.9. The fourth-order valence-corrected chi connectivity index (χ4v) is 11.2. The molecule has 3 heterocycles. The predicted octanol–water partition coefficient (Wildman–Crippen LogP) is 8.16. The molecule has 1 amide bonds. The second kappa shape index (κ2) is 23.0. The number of amides is 1.